The highest BCUT2D eigenvalue weighted by Gasteiger charge is 2.35. The lowest BCUT2D eigenvalue weighted by atomic mass is 10.1. The standard InChI is InChI=1S/C15H22BrNO4S/c1-15(2,3)21-14(19)17-6-7-20-9-11(17)12(18)8-10-4-5-13(16)22-10/h4-5,11-12,18H,6-9H2,1-3H3. The molecule has 1 fully saturated rings. The lowest BCUT2D eigenvalue weighted by Crippen LogP contribution is -2.55. The highest BCUT2D eigenvalue weighted by molar-refractivity contribution is 9.11. The molecule has 1 aliphatic heterocycles. The second kappa shape index (κ2) is 7.29. The fourth-order valence-electron chi connectivity index (χ4n) is 2.29. The van der Waals surface area contributed by atoms with Gasteiger partial charge in [0.25, 0.3) is 0 Å². The molecular formula is C15H22BrNO4S. The van der Waals surface area contributed by atoms with Gasteiger partial charge in [0.15, 0.2) is 0 Å². The van der Waals surface area contributed by atoms with Crippen LogP contribution < -0.4 is 0 Å². The number of amides is 1. The Morgan fingerprint density at radius 1 is 1.59 bits per heavy atom. The van der Waals surface area contributed by atoms with Crippen LogP contribution in [0, 0.1) is 0 Å². The average Bonchev–Trinajstić information content (AvgIpc) is 2.82. The quantitative estimate of drug-likeness (QED) is 0.859. The summed E-state index contributed by atoms with van der Waals surface area (Å²) in [7, 11) is 0. The average molecular weight is 392 g/mol. The van der Waals surface area contributed by atoms with Crippen LogP contribution in [0.15, 0.2) is 15.9 Å². The maximum absolute atomic E-state index is 12.3. The van der Waals surface area contributed by atoms with Gasteiger partial charge in [0.2, 0.25) is 0 Å². The molecule has 2 atom stereocenters. The lowest BCUT2D eigenvalue weighted by Gasteiger charge is -2.38. The highest BCUT2D eigenvalue weighted by atomic mass is 79.9. The molecule has 0 aliphatic carbocycles. The number of carbonyl (C=O) groups excluding carboxylic acids is 1. The maximum Gasteiger partial charge on any atom is 0.410 e. The molecule has 2 heterocycles. The van der Waals surface area contributed by atoms with Gasteiger partial charge in [-0.3, -0.25) is 4.90 Å². The van der Waals surface area contributed by atoms with Gasteiger partial charge in [-0.2, -0.15) is 0 Å². The summed E-state index contributed by atoms with van der Waals surface area (Å²) in [6, 6.07) is 3.54. The zero-order valence-electron chi connectivity index (χ0n) is 13.0. The minimum absolute atomic E-state index is 0.326. The number of aliphatic hydroxyl groups is 1. The van der Waals surface area contributed by atoms with E-state index in [1.807, 2.05) is 32.9 Å². The Bertz CT molecular complexity index is 514. The minimum atomic E-state index is -0.682. The molecule has 0 bridgehead atoms. The van der Waals surface area contributed by atoms with Gasteiger partial charge < -0.3 is 14.6 Å². The third-order valence-electron chi connectivity index (χ3n) is 3.28. The lowest BCUT2D eigenvalue weighted by molar-refractivity contribution is -0.0658. The van der Waals surface area contributed by atoms with Gasteiger partial charge in [0.1, 0.15) is 5.60 Å². The van der Waals surface area contributed by atoms with Gasteiger partial charge >= 0.3 is 6.09 Å². The Labute approximate surface area is 143 Å². The number of rotatable bonds is 3. The van der Waals surface area contributed by atoms with Crippen molar-refractivity contribution in [2.75, 3.05) is 19.8 Å². The van der Waals surface area contributed by atoms with Crippen LogP contribution in [-0.4, -0.2) is 53.6 Å². The van der Waals surface area contributed by atoms with Gasteiger partial charge in [-0.05, 0) is 48.8 Å². The van der Waals surface area contributed by atoms with Crippen molar-refractivity contribution < 1.29 is 19.4 Å². The summed E-state index contributed by atoms with van der Waals surface area (Å²) in [4.78, 5) is 15.0. The molecule has 0 radical (unpaired) electrons. The van der Waals surface area contributed by atoms with Crippen molar-refractivity contribution >= 4 is 33.4 Å². The van der Waals surface area contributed by atoms with E-state index in [0.717, 1.165) is 8.66 Å². The van der Waals surface area contributed by atoms with Crippen LogP contribution >= 0.6 is 27.3 Å². The van der Waals surface area contributed by atoms with Crippen molar-refractivity contribution in [2.45, 2.75) is 44.9 Å². The Morgan fingerprint density at radius 2 is 2.32 bits per heavy atom. The largest absolute Gasteiger partial charge is 0.444 e. The predicted molar refractivity (Wildman–Crippen MR) is 89.3 cm³/mol. The summed E-state index contributed by atoms with van der Waals surface area (Å²) in [5.74, 6) is 0. The number of thiophene rings is 1. The van der Waals surface area contributed by atoms with E-state index in [1.54, 1.807) is 16.2 Å². The Kier molecular flexibility index (Phi) is 5.87. The molecule has 1 aliphatic rings. The molecule has 0 saturated carbocycles. The van der Waals surface area contributed by atoms with Crippen LogP contribution in [0.25, 0.3) is 0 Å². The van der Waals surface area contributed by atoms with Crippen molar-refractivity contribution in [3.8, 4) is 0 Å². The van der Waals surface area contributed by atoms with Gasteiger partial charge in [0.05, 0.1) is 29.1 Å². The first-order chi connectivity index (χ1) is 10.3. The summed E-state index contributed by atoms with van der Waals surface area (Å²) < 4.78 is 11.9. The topological polar surface area (TPSA) is 59.0 Å². The Balaban J connectivity index is 2.03. The maximum atomic E-state index is 12.3. The minimum Gasteiger partial charge on any atom is -0.444 e. The predicted octanol–water partition coefficient (Wildman–Crippen LogP) is 3.05. The molecule has 1 aromatic rings. The first-order valence-electron chi connectivity index (χ1n) is 7.26. The first-order valence-corrected chi connectivity index (χ1v) is 8.87. The van der Waals surface area contributed by atoms with Crippen LogP contribution in [0.4, 0.5) is 4.79 Å². The molecule has 2 rings (SSSR count). The summed E-state index contributed by atoms with van der Waals surface area (Å²) in [5.41, 5.74) is -0.552. The zero-order valence-corrected chi connectivity index (χ0v) is 15.4. The Morgan fingerprint density at radius 3 is 2.91 bits per heavy atom. The van der Waals surface area contributed by atoms with Crippen molar-refractivity contribution in [1.29, 1.82) is 0 Å². The highest BCUT2D eigenvalue weighted by Crippen LogP contribution is 2.25. The first kappa shape index (κ1) is 17.7. The number of halogens is 1. The smallest absolute Gasteiger partial charge is 0.410 e. The van der Waals surface area contributed by atoms with E-state index in [1.165, 1.54) is 0 Å². The molecule has 22 heavy (non-hydrogen) atoms. The van der Waals surface area contributed by atoms with Crippen LogP contribution in [0.2, 0.25) is 0 Å². The second-order valence-corrected chi connectivity index (χ2v) is 8.84. The molecule has 2 unspecified atom stereocenters. The van der Waals surface area contributed by atoms with Crippen molar-refractivity contribution in [2.24, 2.45) is 0 Å². The zero-order chi connectivity index (χ0) is 16.3. The number of carbonyl (C=O) groups is 1. The number of hydrogen-bond acceptors (Lipinski definition) is 5. The third-order valence-corrected chi connectivity index (χ3v) is 4.92. The molecule has 124 valence electrons. The summed E-state index contributed by atoms with van der Waals surface area (Å²) in [6.45, 7) is 6.73. The van der Waals surface area contributed by atoms with Gasteiger partial charge in [0, 0.05) is 17.8 Å². The van der Waals surface area contributed by atoms with E-state index < -0.39 is 17.8 Å². The molecular weight excluding hydrogens is 370 g/mol. The number of hydrogen-bond donors (Lipinski definition) is 1. The van der Waals surface area contributed by atoms with Crippen LogP contribution in [0.3, 0.4) is 0 Å². The number of morpholine rings is 1. The van der Waals surface area contributed by atoms with Crippen LogP contribution in [0.1, 0.15) is 25.6 Å². The fraction of sp³-hybridized carbons (Fsp3) is 0.667. The molecule has 1 aromatic heterocycles. The molecule has 1 amide bonds. The fourth-order valence-corrected chi connectivity index (χ4v) is 3.83. The molecule has 1 saturated heterocycles. The van der Waals surface area contributed by atoms with E-state index in [0.29, 0.717) is 26.2 Å². The van der Waals surface area contributed by atoms with Crippen LogP contribution in [-0.2, 0) is 15.9 Å². The van der Waals surface area contributed by atoms with Crippen molar-refractivity contribution in [1.82, 2.24) is 4.90 Å². The normalized spacial score (nSPS) is 20.8. The number of nitrogens with zero attached hydrogens (tertiary/aromatic N) is 1. The molecule has 7 heteroatoms. The van der Waals surface area contributed by atoms with Crippen molar-refractivity contribution in [3.63, 3.8) is 0 Å². The summed E-state index contributed by atoms with van der Waals surface area (Å²) in [6.07, 6.45) is -0.588. The number of ether oxygens (including phenoxy) is 2. The van der Waals surface area contributed by atoms with E-state index >= 15 is 0 Å². The second-order valence-electron chi connectivity index (χ2n) is 6.29. The number of aliphatic hydroxyl groups excluding tert-OH is 1. The molecule has 0 aromatic carbocycles. The summed E-state index contributed by atoms with van der Waals surface area (Å²) >= 11 is 4.99. The van der Waals surface area contributed by atoms with E-state index in [9.17, 15) is 9.90 Å². The van der Waals surface area contributed by atoms with Crippen LogP contribution in [0.5, 0.6) is 0 Å². The van der Waals surface area contributed by atoms with Crippen molar-refractivity contribution in [3.05, 3.63) is 20.8 Å². The van der Waals surface area contributed by atoms with E-state index in [4.69, 9.17) is 9.47 Å². The van der Waals surface area contributed by atoms with Gasteiger partial charge in [-0.25, -0.2) is 4.79 Å². The molecule has 0 spiro atoms. The molecule has 5 nitrogen and oxygen atoms in total. The SMILES string of the molecule is CC(C)(C)OC(=O)N1CCOCC1C(O)Cc1ccc(Br)s1. The Hall–Kier alpha value is -0.630. The van der Waals surface area contributed by atoms with E-state index in [-0.39, 0.29) is 6.04 Å². The van der Waals surface area contributed by atoms with Gasteiger partial charge in [-0.1, -0.05) is 0 Å². The molecule has 1 N–H and O–H groups in total. The van der Waals surface area contributed by atoms with E-state index in [2.05, 4.69) is 15.9 Å². The monoisotopic (exact) mass is 391 g/mol. The van der Waals surface area contributed by atoms with Gasteiger partial charge in [-0.15, -0.1) is 11.3 Å². The summed E-state index contributed by atoms with van der Waals surface area (Å²) in [5, 5.41) is 10.5. The third kappa shape index (κ3) is 4.94.